The number of halogens is 6. The first kappa shape index (κ1) is 38.7. The van der Waals surface area contributed by atoms with Gasteiger partial charge in [-0.3, -0.25) is 9.59 Å². The van der Waals surface area contributed by atoms with Gasteiger partial charge in [-0.2, -0.15) is 26.3 Å². The fourth-order valence-electron chi connectivity index (χ4n) is 5.21. The number of hydrogen-bond acceptors (Lipinski definition) is 8. The summed E-state index contributed by atoms with van der Waals surface area (Å²) in [4.78, 5) is 71.5. The summed E-state index contributed by atoms with van der Waals surface area (Å²) in [6.07, 6.45) is -12.6. The van der Waals surface area contributed by atoms with E-state index in [0.29, 0.717) is 36.4 Å². The van der Waals surface area contributed by atoms with Crippen molar-refractivity contribution in [3.63, 3.8) is 0 Å². The molecular formula is C33H20F6N2O12. The first-order valence-corrected chi connectivity index (χ1v) is 14.2. The maximum absolute atomic E-state index is 15.0. The van der Waals surface area contributed by atoms with Gasteiger partial charge in [-0.05, 0) is 71.8 Å². The maximum atomic E-state index is 15.0. The minimum atomic E-state index is -6.30. The monoisotopic (exact) mass is 750 g/mol. The maximum Gasteiger partial charge on any atom is 0.411 e. The Labute approximate surface area is 290 Å². The van der Waals surface area contributed by atoms with Gasteiger partial charge in [-0.25, -0.2) is 19.2 Å². The normalized spacial score (nSPS) is 11.7. The van der Waals surface area contributed by atoms with Crippen LogP contribution in [-0.2, 0) is 5.41 Å². The number of carboxylic acid groups (broad SMARTS) is 4. The van der Waals surface area contributed by atoms with E-state index in [-0.39, 0.29) is 24.3 Å². The van der Waals surface area contributed by atoms with Gasteiger partial charge in [0.1, 0.15) is 11.5 Å². The van der Waals surface area contributed by atoms with Crippen LogP contribution in [0.15, 0.2) is 72.8 Å². The van der Waals surface area contributed by atoms with Gasteiger partial charge in [-0.1, -0.05) is 12.1 Å². The average Bonchev–Trinajstić information content (AvgIpc) is 3.05. The smallest absolute Gasteiger partial charge is 0.411 e. The van der Waals surface area contributed by atoms with Crippen LogP contribution in [0.5, 0.6) is 11.5 Å². The van der Waals surface area contributed by atoms with Crippen molar-refractivity contribution in [2.45, 2.75) is 17.8 Å². The lowest BCUT2D eigenvalue weighted by Gasteiger charge is -2.38. The molecule has 0 radical (unpaired) electrons. The third-order valence-corrected chi connectivity index (χ3v) is 7.69. The molecule has 0 unspecified atom stereocenters. The van der Waals surface area contributed by atoms with Crippen LogP contribution >= 0.6 is 0 Å². The minimum Gasteiger partial charge on any atom is -0.506 e. The SMILES string of the molecule is O=C(Nc1cc(C(c2ccc(O)c(NC(=O)c3ccc(C(=O)O)c(C(=O)O)c3)c2)(C(F)(F)F)C(F)(F)F)ccc1O)c1ccc(C(=O)O)c(C(=O)O)c1. The number of anilines is 2. The van der Waals surface area contributed by atoms with E-state index in [0.717, 1.165) is 12.1 Å². The summed E-state index contributed by atoms with van der Waals surface area (Å²) in [6, 6.07) is 5.51. The number of phenols is 2. The van der Waals surface area contributed by atoms with Gasteiger partial charge in [0.15, 0.2) is 0 Å². The molecule has 0 aliphatic heterocycles. The Morgan fingerprint density at radius 1 is 0.453 bits per heavy atom. The molecule has 0 bridgehead atoms. The topological polar surface area (TPSA) is 248 Å². The molecule has 4 rings (SSSR count). The van der Waals surface area contributed by atoms with Crippen molar-refractivity contribution in [1.82, 2.24) is 0 Å². The van der Waals surface area contributed by atoms with E-state index in [2.05, 4.69) is 0 Å². The highest BCUT2D eigenvalue weighted by Crippen LogP contribution is 2.57. The molecule has 0 heterocycles. The number of benzene rings is 4. The van der Waals surface area contributed by atoms with Gasteiger partial charge in [0, 0.05) is 11.1 Å². The van der Waals surface area contributed by atoms with Crippen LogP contribution in [0.4, 0.5) is 37.7 Å². The van der Waals surface area contributed by atoms with Crippen molar-refractivity contribution in [3.05, 3.63) is 117 Å². The lowest BCUT2D eigenvalue weighted by Crippen LogP contribution is -2.54. The molecule has 0 saturated heterocycles. The lowest BCUT2D eigenvalue weighted by atomic mass is 9.72. The molecule has 0 spiro atoms. The number of carbonyl (C=O) groups excluding carboxylic acids is 2. The molecule has 8 N–H and O–H groups in total. The molecule has 276 valence electrons. The van der Waals surface area contributed by atoms with Crippen LogP contribution in [0.25, 0.3) is 0 Å². The summed E-state index contributed by atoms with van der Waals surface area (Å²) in [5.74, 6) is -11.9. The number of carboxylic acids is 4. The van der Waals surface area contributed by atoms with Crippen LogP contribution in [0.1, 0.15) is 73.3 Å². The minimum absolute atomic E-state index is 0.112. The van der Waals surface area contributed by atoms with Gasteiger partial charge < -0.3 is 41.3 Å². The number of hydrogen-bond donors (Lipinski definition) is 8. The summed E-state index contributed by atoms with van der Waals surface area (Å²) < 4.78 is 89.9. The third-order valence-electron chi connectivity index (χ3n) is 7.69. The second-order valence-corrected chi connectivity index (χ2v) is 10.9. The van der Waals surface area contributed by atoms with Crippen molar-refractivity contribution < 1.29 is 85.7 Å². The Bertz CT molecular complexity index is 2060. The lowest BCUT2D eigenvalue weighted by molar-refractivity contribution is -0.288. The molecular weight excluding hydrogens is 730 g/mol. The summed E-state index contributed by atoms with van der Waals surface area (Å²) in [6.45, 7) is 0. The number of carbonyl (C=O) groups is 6. The number of nitrogens with one attached hydrogen (secondary N) is 2. The Kier molecular flexibility index (Phi) is 10.1. The number of phenolic OH excluding ortho intramolecular Hbond substituents is 2. The van der Waals surface area contributed by atoms with E-state index in [1.54, 1.807) is 0 Å². The van der Waals surface area contributed by atoms with Gasteiger partial charge in [0.2, 0.25) is 5.41 Å². The summed E-state index contributed by atoms with van der Waals surface area (Å²) in [5.41, 5.74) is -15.0. The van der Waals surface area contributed by atoms with Crippen molar-refractivity contribution in [3.8, 4) is 11.5 Å². The van der Waals surface area contributed by atoms with E-state index in [9.17, 15) is 85.7 Å². The molecule has 20 heteroatoms. The summed E-state index contributed by atoms with van der Waals surface area (Å²) in [7, 11) is 0. The number of rotatable bonds is 10. The average molecular weight is 751 g/mol. The fraction of sp³-hybridized carbons (Fsp3) is 0.0909. The Morgan fingerprint density at radius 3 is 1.06 bits per heavy atom. The highest BCUT2D eigenvalue weighted by Gasteiger charge is 2.72. The zero-order valence-corrected chi connectivity index (χ0v) is 25.8. The molecule has 14 nitrogen and oxygen atoms in total. The van der Waals surface area contributed by atoms with Crippen LogP contribution < -0.4 is 10.6 Å². The third kappa shape index (κ3) is 7.22. The predicted octanol–water partition coefficient (Wildman–Crippen LogP) is 5.81. The Morgan fingerprint density at radius 2 is 0.774 bits per heavy atom. The quantitative estimate of drug-likeness (QED) is 0.0707. The molecule has 0 aromatic heterocycles. The number of amides is 2. The summed E-state index contributed by atoms with van der Waals surface area (Å²) in [5, 5.41) is 61.3. The molecule has 53 heavy (non-hydrogen) atoms. The van der Waals surface area contributed by atoms with E-state index in [1.165, 1.54) is 0 Å². The van der Waals surface area contributed by atoms with Gasteiger partial charge >= 0.3 is 36.2 Å². The van der Waals surface area contributed by atoms with Crippen molar-refractivity contribution in [2.24, 2.45) is 0 Å². The van der Waals surface area contributed by atoms with Crippen LogP contribution in [0.2, 0.25) is 0 Å². The van der Waals surface area contributed by atoms with Crippen LogP contribution in [0, 0.1) is 0 Å². The first-order valence-electron chi connectivity index (χ1n) is 14.2. The largest absolute Gasteiger partial charge is 0.506 e. The zero-order valence-electron chi connectivity index (χ0n) is 25.8. The molecule has 0 aliphatic carbocycles. The van der Waals surface area contributed by atoms with Crippen molar-refractivity contribution >= 4 is 47.1 Å². The molecule has 2 amide bonds. The second-order valence-electron chi connectivity index (χ2n) is 10.9. The summed E-state index contributed by atoms with van der Waals surface area (Å²) >= 11 is 0. The van der Waals surface area contributed by atoms with E-state index in [1.807, 2.05) is 10.6 Å². The molecule has 0 fully saturated rings. The van der Waals surface area contributed by atoms with E-state index < -0.39 is 121 Å². The molecule has 0 atom stereocenters. The van der Waals surface area contributed by atoms with Crippen LogP contribution in [-0.4, -0.2) is 78.7 Å². The van der Waals surface area contributed by atoms with Gasteiger partial charge in [-0.15, -0.1) is 0 Å². The first-order chi connectivity index (χ1) is 24.5. The van der Waals surface area contributed by atoms with Gasteiger partial charge in [0.05, 0.1) is 33.6 Å². The number of aromatic hydroxyl groups is 2. The van der Waals surface area contributed by atoms with E-state index in [4.69, 9.17) is 0 Å². The standard InChI is InChI=1S/C33H20F6N2O12/c34-32(35,36)31(33(37,38)39,15-3-7-23(42)21(11-15)40-25(44)13-1-5-17(27(46)47)19(9-13)29(50)51)16-4-8-24(43)22(12-16)41-26(45)14-2-6-18(28(48)49)20(10-14)30(52)53/h1-12,42-43H,(H,40,44)(H,41,45)(H,46,47)(H,48,49)(H,50,51)(H,52,53). The second kappa shape index (κ2) is 13.9. The molecule has 4 aromatic rings. The Hall–Kier alpha value is -7.12. The highest BCUT2D eigenvalue weighted by atomic mass is 19.4. The van der Waals surface area contributed by atoms with Gasteiger partial charge in [0.25, 0.3) is 11.8 Å². The Balaban J connectivity index is 1.84. The van der Waals surface area contributed by atoms with Crippen LogP contribution in [0.3, 0.4) is 0 Å². The molecule has 4 aromatic carbocycles. The predicted molar refractivity (Wildman–Crippen MR) is 166 cm³/mol. The van der Waals surface area contributed by atoms with E-state index >= 15 is 0 Å². The van der Waals surface area contributed by atoms with Crippen molar-refractivity contribution in [1.29, 1.82) is 0 Å². The molecule has 0 saturated carbocycles. The zero-order chi connectivity index (χ0) is 39.8. The highest BCUT2D eigenvalue weighted by molar-refractivity contribution is 6.10. The fourth-order valence-corrected chi connectivity index (χ4v) is 5.21. The van der Waals surface area contributed by atoms with Crippen molar-refractivity contribution in [2.75, 3.05) is 10.6 Å². The molecule has 0 aliphatic rings. The number of aromatic carboxylic acids is 4. The number of alkyl halides is 6.